The van der Waals surface area contributed by atoms with Gasteiger partial charge < -0.3 is 15.0 Å². The zero-order valence-electron chi connectivity index (χ0n) is 15.6. The fourth-order valence-corrected chi connectivity index (χ4v) is 3.21. The number of nitrogens with zero attached hydrogens (tertiary/aromatic N) is 7. The number of nitrogens with one attached hydrogen (secondary N) is 1. The molecule has 1 aliphatic rings. The highest BCUT2D eigenvalue weighted by atomic mass is 16.5. The van der Waals surface area contributed by atoms with Gasteiger partial charge in [0.2, 0.25) is 5.95 Å². The lowest BCUT2D eigenvalue weighted by molar-refractivity contribution is 0.0685. The lowest BCUT2D eigenvalue weighted by Crippen LogP contribution is -2.29. The lowest BCUT2D eigenvalue weighted by Gasteiger charge is -2.27. The van der Waals surface area contributed by atoms with Crippen LogP contribution in [0.3, 0.4) is 0 Å². The van der Waals surface area contributed by atoms with Crippen molar-refractivity contribution in [2.24, 2.45) is 13.0 Å². The molecule has 1 saturated heterocycles. The Bertz CT molecular complexity index is 883. The minimum atomic E-state index is 0.508. The summed E-state index contributed by atoms with van der Waals surface area (Å²) in [6.07, 6.45) is 11.4. The van der Waals surface area contributed by atoms with E-state index in [2.05, 4.69) is 37.4 Å². The monoisotopic (exact) mass is 368 g/mol. The first-order chi connectivity index (χ1) is 13.2. The molecule has 0 aliphatic carbocycles. The summed E-state index contributed by atoms with van der Waals surface area (Å²) in [4.78, 5) is 11.1. The van der Waals surface area contributed by atoms with E-state index in [9.17, 15) is 0 Å². The van der Waals surface area contributed by atoms with Gasteiger partial charge in [-0.15, -0.1) is 0 Å². The van der Waals surface area contributed by atoms with Crippen LogP contribution < -0.4 is 10.2 Å². The minimum absolute atomic E-state index is 0.508. The van der Waals surface area contributed by atoms with Gasteiger partial charge in [0.15, 0.2) is 5.82 Å². The van der Waals surface area contributed by atoms with Gasteiger partial charge >= 0.3 is 0 Å². The van der Waals surface area contributed by atoms with E-state index in [1.165, 1.54) is 0 Å². The Kier molecular flexibility index (Phi) is 5.01. The zero-order chi connectivity index (χ0) is 18.6. The first-order valence-corrected chi connectivity index (χ1v) is 9.10. The van der Waals surface area contributed by atoms with Gasteiger partial charge in [0.05, 0.1) is 30.0 Å². The molecule has 0 amide bonds. The van der Waals surface area contributed by atoms with Gasteiger partial charge in [-0.25, -0.2) is 9.67 Å². The molecule has 0 aromatic carbocycles. The van der Waals surface area contributed by atoms with Crippen LogP contribution in [0.4, 0.5) is 17.3 Å². The molecule has 142 valence electrons. The molecule has 9 heteroatoms. The summed E-state index contributed by atoms with van der Waals surface area (Å²) in [6, 6.07) is 1.84. The molecule has 0 saturated carbocycles. The normalized spacial score (nSPS) is 15.0. The fourth-order valence-electron chi connectivity index (χ4n) is 3.21. The molecular formula is C18H24N8O. The fraction of sp³-hybridized carbons (Fsp3) is 0.444. The number of aromatic nitrogens is 6. The molecule has 1 N–H and O–H groups in total. The molecule has 3 aromatic rings. The molecule has 27 heavy (non-hydrogen) atoms. The molecule has 4 rings (SSSR count). The zero-order valence-corrected chi connectivity index (χ0v) is 15.6. The summed E-state index contributed by atoms with van der Waals surface area (Å²) in [5, 5.41) is 11.8. The second-order valence-electron chi connectivity index (χ2n) is 6.85. The van der Waals surface area contributed by atoms with Crippen LogP contribution in [0.25, 0.3) is 5.82 Å². The third kappa shape index (κ3) is 4.25. The molecule has 9 nitrogen and oxygen atoms in total. The van der Waals surface area contributed by atoms with E-state index in [0.29, 0.717) is 17.7 Å². The molecule has 0 spiro atoms. The maximum atomic E-state index is 5.44. The van der Waals surface area contributed by atoms with Crippen LogP contribution in [-0.4, -0.2) is 56.3 Å². The predicted octanol–water partition coefficient (Wildman–Crippen LogP) is 2.00. The van der Waals surface area contributed by atoms with E-state index < -0.39 is 0 Å². The second-order valence-corrected chi connectivity index (χ2v) is 6.85. The van der Waals surface area contributed by atoms with Crippen LogP contribution >= 0.6 is 0 Å². The molecule has 1 aliphatic heterocycles. The minimum Gasteiger partial charge on any atom is -0.381 e. The highest BCUT2D eigenvalue weighted by Gasteiger charge is 2.17. The van der Waals surface area contributed by atoms with Crippen LogP contribution in [0, 0.1) is 5.92 Å². The first kappa shape index (κ1) is 17.5. The molecule has 0 bridgehead atoms. The number of anilines is 3. The third-order valence-corrected chi connectivity index (χ3v) is 4.72. The topological polar surface area (TPSA) is 85.9 Å². The van der Waals surface area contributed by atoms with Crippen LogP contribution in [-0.2, 0) is 11.8 Å². The third-order valence-electron chi connectivity index (χ3n) is 4.72. The van der Waals surface area contributed by atoms with Gasteiger partial charge in [-0.3, -0.25) is 4.68 Å². The van der Waals surface area contributed by atoms with E-state index in [0.717, 1.165) is 44.0 Å². The Morgan fingerprint density at radius 3 is 2.85 bits per heavy atom. The van der Waals surface area contributed by atoms with Crippen molar-refractivity contribution in [1.29, 1.82) is 0 Å². The van der Waals surface area contributed by atoms with Gasteiger partial charge in [-0.1, -0.05) is 0 Å². The van der Waals surface area contributed by atoms with Crippen LogP contribution in [0.1, 0.15) is 12.8 Å². The number of aryl methyl sites for hydroxylation is 1. The van der Waals surface area contributed by atoms with E-state index >= 15 is 0 Å². The quantitative estimate of drug-likeness (QED) is 0.712. The van der Waals surface area contributed by atoms with Crippen molar-refractivity contribution in [3.8, 4) is 5.82 Å². The Morgan fingerprint density at radius 2 is 2.07 bits per heavy atom. The van der Waals surface area contributed by atoms with Crippen molar-refractivity contribution in [1.82, 2.24) is 29.5 Å². The largest absolute Gasteiger partial charge is 0.381 e. The molecule has 4 heterocycles. The number of hydrogen-bond acceptors (Lipinski definition) is 7. The summed E-state index contributed by atoms with van der Waals surface area (Å²) in [7, 11) is 3.97. The summed E-state index contributed by atoms with van der Waals surface area (Å²) in [5.74, 6) is 1.89. The summed E-state index contributed by atoms with van der Waals surface area (Å²) in [6.45, 7) is 2.74. The molecule has 1 fully saturated rings. The Hall–Kier alpha value is -2.94. The van der Waals surface area contributed by atoms with Crippen LogP contribution in [0.15, 0.2) is 37.1 Å². The maximum absolute atomic E-state index is 5.44. The molecule has 3 aromatic heterocycles. The number of rotatable bonds is 6. The van der Waals surface area contributed by atoms with E-state index in [-0.39, 0.29) is 0 Å². The lowest BCUT2D eigenvalue weighted by atomic mass is 10.00. The van der Waals surface area contributed by atoms with E-state index in [1.54, 1.807) is 21.8 Å². The molecule has 0 unspecified atom stereocenters. The Morgan fingerprint density at radius 1 is 1.22 bits per heavy atom. The summed E-state index contributed by atoms with van der Waals surface area (Å²) >= 11 is 0. The summed E-state index contributed by atoms with van der Waals surface area (Å²) < 4.78 is 8.94. The standard InChI is InChI=1S/C18H24N8O/c1-24(11-14-4-7-27-8-5-14)16-10-21-26(13-16)17-3-6-19-18(23-17)22-15-9-20-25(2)12-15/h3,6,9-10,12-14H,4-5,7-8,11H2,1-2H3,(H,19,22,23). The van der Waals surface area contributed by atoms with Crippen molar-refractivity contribution in [2.45, 2.75) is 12.8 Å². The van der Waals surface area contributed by atoms with E-state index in [4.69, 9.17) is 4.74 Å². The SMILES string of the molecule is CN(CC1CCOCC1)c1cnn(-c2ccnc(Nc3cnn(C)c3)n2)c1. The van der Waals surface area contributed by atoms with Crippen LogP contribution in [0.2, 0.25) is 0 Å². The van der Waals surface area contributed by atoms with Crippen molar-refractivity contribution in [3.63, 3.8) is 0 Å². The Balaban J connectivity index is 1.45. The van der Waals surface area contributed by atoms with Crippen LogP contribution in [0.5, 0.6) is 0 Å². The van der Waals surface area contributed by atoms with Gasteiger partial charge in [-0.2, -0.15) is 15.2 Å². The van der Waals surface area contributed by atoms with Gasteiger partial charge in [0.25, 0.3) is 0 Å². The average Bonchev–Trinajstić information content (AvgIpc) is 3.32. The second kappa shape index (κ2) is 7.75. The first-order valence-electron chi connectivity index (χ1n) is 9.10. The summed E-state index contributed by atoms with van der Waals surface area (Å²) in [5.41, 5.74) is 1.91. The number of hydrogen-bond donors (Lipinski definition) is 1. The molecule has 0 atom stereocenters. The predicted molar refractivity (Wildman–Crippen MR) is 102 cm³/mol. The maximum Gasteiger partial charge on any atom is 0.229 e. The average molecular weight is 368 g/mol. The van der Waals surface area contributed by atoms with Gasteiger partial charge in [0, 0.05) is 52.3 Å². The van der Waals surface area contributed by atoms with Crippen molar-refractivity contribution < 1.29 is 4.74 Å². The van der Waals surface area contributed by atoms with Gasteiger partial charge in [0.1, 0.15) is 0 Å². The van der Waals surface area contributed by atoms with E-state index in [1.807, 2.05) is 31.7 Å². The van der Waals surface area contributed by atoms with Crippen molar-refractivity contribution in [3.05, 3.63) is 37.1 Å². The van der Waals surface area contributed by atoms with Gasteiger partial charge in [-0.05, 0) is 18.8 Å². The smallest absolute Gasteiger partial charge is 0.229 e. The molecule has 0 radical (unpaired) electrons. The highest BCUT2D eigenvalue weighted by Crippen LogP contribution is 2.20. The Labute approximate surface area is 158 Å². The van der Waals surface area contributed by atoms with Crippen molar-refractivity contribution >= 4 is 17.3 Å². The number of ether oxygens (including phenoxy) is 1. The highest BCUT2D eigenvalue weighted by molar-refractivity contribution is 5.51. The van der Waals surface area contributed by atoms with Crippen molar-refractivity contribution in [2.75, 3.05) is 37.0 Å². The molecular weight excluding hydrogens is 344 g/mol.